The monoisotopic (exact) mass is 395 g/mol. The second-order valence-corrected chi connectivity index (χ2v) is 7.11. The number of allylic oxidation sites excluding steroid dienone is 1. The number of unbranched alkanes of at least 4 members (excludes halogenated alkanes) is 1. The summed E-state index contributed by atoms with van der Waals surface area (Å²) in [5.41, 5.74) is 0.980. The van der Waals surface area contributed by atoms with Crippen molar-refractivity contribution >= 4 is 17.7 Å². The van der Waals surface area contributed by atoms with Crippen LogP contribution in [-0.4, -0.2) is 42.3 Å². The van der Waals surface area contributed by atoms with E-state index >= 15 is 0 Å². The zero-order valence-electron chi connectivity index (χ0n) is 17.1. The molecule has 1 heterocycles. The van der Waals surface area contributed by atoms with E-state index < -0.39 is 0 Å². The largest absolute Gasteiger partial charge is 0.469 e. The Morgan fingerprint density at radius 1 is 1.21 bits per heavy atom. The van der Waals surface area contributed by atoms with Crippen molar-refractivity contribution in [3.05, 3.63) is 48.0 Å². The maximum absolute atomic E-state index is 12.5. The third kappa shape index (κ3) is 8.35. The van der Waals surface area contributed by atoms with Crippen molar-refractivity contribution < 1.29 is 19.1 Å². The molecule has 1 fully saturated rings. The number of esters is 1. The van der Waals surface area contributed by atoms with Crippen LogP contribution in [0.4, 0.5) is 0 Å². The molecule has 1 amide bonds. The highest BCUT2D eigenvalue weighted by molar-refractivity contribution is 5.91. The molecule has 1 saturated heterocycles. The highest BCUT2D eigenvalue weighted by atomic mass is 16.5. The van der Waals surface area contributed by atoms with Crippen LogP contribution in [0.2, 0.25) is 0 Å². The van der Waals surface area contributed by atoms with Gasteiger partial charge in [-0.25, -0.2) is 0 Å². The zero-order chi connectivity index (χ0) is 20.9. The number of amides is 1. The Labute approximate surface area is 173 Å². The predicted molar refractivity (Wildman–Crippen MR) is 112 cm³/mol. The van der Waals surface area contributed by atoms with E-state index in [1.54, 1.807) is 11.0 Å². The summed E-state index contributed by atoms with van der Waals surface area (Å²) in [6.45, 7) is 0.346. The Morgan fingerprint density at radius 3 is 2.76 bits per heavy atom. The van der Waals surface area contributed by atoms with Gasteiger partial charge in [0.1, 0.15) is 0 Å². The lowest BCUT2D eigenvalue weighted by molar-refractivity contribution is -0.140. The fourth-order valence-electron chi connectivity index (χ4n) is 3.25. The Hall–Kier alpha value is -2.87. The molecule has 0 saturated carbocycles. The summed E-state index contributed by atoms with van der Waals surface area (Å²) in [6, 6.07) is 9.53. The number of hydrogen-bond donors (Lipinski definition) is 0. The molecule has 1 atom stereocenters. The van der Waals surface area contributed by atoms with Gasteiger partial charge < -0.3 is 9.64 Å². The van der Waals surface area contributed by atoms with E-state index in [9.17, 15) is 14.4 Å². The number of methoxy groups -OCH3 is 1. The molecule has 5 heteroatoms. The number of hydrogen-bond acceptors (Lipinski definition) is 4. The molecule has 0 radical (unpaired) electrons. The van der Waals surface area contributed by atoms with Gasteiger partial charge in [-0.15, -0.1) is 5.92 Å². The number of benzene rings is 1. The maximum Gasteiger partial charge on any atom is 0.305 e. The SMILES string of the molecule is COC(=O)CCCC#CCN1C(=O)CCCCC1C=CC(=O)Cc1ccccc1. The van der Waals surface area contributed by atoms with Gasteiger partial charge in [0.25, 0.3) is 0 Å². The van der Waals surface area contributed by atoms with E-state index in [2.05, 4.69) is 16.6 Å². The van der Waals surface area contributed by atoms with E-state index in [0.29, 0.717) is 38.6 Å². The van der Waals surface area contributed by atoms with E-state index in [0.717, 1.165) is 24.8 Å². The van der Waals surface area contributed by atoms with Crippen molar-refractivity contribution in [3.63, 3.8) is 0 Å². The smallest absolute Gasteiger partial charge is 0.305 e. The van der Waals surface area contributed by atoms with Crippen molar-refractivity contribution in [1.82, 2.24) is 4.90 Å². The minimum absolute atomic E-state index is 0.0294. The third-order valence-electron chi connectivity index (χ3n) is 4.87. The average molecular weight is 395 g/mol. The molecule has 5 nitrogen and oxygen atoms in total. The normalized spacial score (nSPS) is 16.8. The first-order valence-corrected chi connectivity index (χ1v) is 10.2. The molecule has 1 unspecified atom stereocenters. The number of nitrogens with zero attached hydrogens (tertiary/aromatic N) is 1. The van der Waals surface area contributed by atoms with Crippen LogP contribution in [0, 0.1) is 11.8 Å². The number of rotatable bonds is 8. The molecule has 0 spiro atoms. The summed E-state index contributed by atoms with van der Waals surface area (Å²) in [5.74, 6) is 5.95. The summed E-state index contributed by atoms with van der Waals surface area (Å²) in [5, 5.41) is 0. The molecular weight excluding hydrogens is 366 g/mol. The van der Waals surface area contributed by atoms with Crippen LogP contribution in [0.15, 0.2) is 42.5 Å². The Morgan fingerprint density at radius 2 is 2.00 bits per heavy atom. The topological polar surface area (TPSA) is 63.7 Å². The van der Waals surface area contributed by atoms with Crippen LogP contribution in [0.3, 0.4) is 0 Å². The average Bonchev–Trinajstić information content (AvgIpc) is 2.90. The van der Waals surface area contributed by atoms with Crippen molar-refractivity contribution in [3.8, 4) is 11.8 Å². The molecule has 1 aromatic carbocycles. The fourth-order valence-corrected chi connectivity index (χ4v) is 3.25. The first-order valence-electron chi connectivity index (χ1n) is 10.2. The lowest BCUT2D eigenvalue weighted by atomic mass is 10.1. The number of carbonyl (C=O) groups is 3. The van der Waals surface area contributed by atoms with Crippen LogP contribution in [0.5, 0.6) is 0 Å². The molecule has 0 aromatic heterocycles. The van der Waals surface area contributed by atoms with E-state index in [1.165, 1.54) is 7.11 Å². The van der Waals surface area contributed by atoms with E-state index in [-0.39, 0.29) is 23.7 Å². The lowest BCUT2D eigenvalue weighted by Gasteiger charge is -2.26. The van der Waals surface area contributed by atoms with Crippen LogP contribution in [-0.2, 0) is 25.5 Å². The number of ketones is 1. The minimum atomic E-state index is -0.236. The molecule has 1 aliphatic heterocycles. The Kier molecular flexibility index (Phi) is 9.71. The van der Waals surface area contributed by atoms with Crippen LogP contribution >= 0.6 is 0 Å². The van der Waals surface area contributed by atoms with Crippen molar-refractivity contribution in [2.75, 3.05) is 13.7 Å². The number of ether oxygens (including phenoxy) is 1. The molecule has 2 rings (SSSR count). The quantitative estimate of drug-likeness (QED) is 0.293. The maximum atomic E-state index is 12.5. The third-order valence-corrected chi connectivity index (χ3v) is 4.87. The highest BCUT2D eigenvalue weighted by Crippen LogP contribution is 2.18. The molecule has 29 heavy (non-hydrogen) atoms. The first kappa shape index (κ1) is 22.4. The summed E-state index contributed by atoms with van der Waals surface area (Å²) < 4.78 is 4.60. The van der Waals surface area contributed by atoms with Gasteiger partial charge in [0.05, 0.1) is 19.7 Å². The van der Waals surface area contributed by atoms with E-state index in [1.807, 2.05) is 36.4 Å². The van der Waals surface area contributed by atoms with E-state index in [4.69, 9.17) is 0 Å². The molecule has 0 N–H and O–H groups in total. The fraction of sp³-hybridized carbons (Fsp3) is 0.458. The second kappa shape index (κ2) is 12.6. The molecule has 1 aliphatic rings. The summed E-state index contributed by atoms with van der Waals surface area (Å²) in [6.07, 6.45) is 8.58. The lowest BCUT2D eigenvalue weighted by Crippen LogP contribution is -2.38. The summed E-state index contributed by atoms with van der Waals surface area (Å²) in [4.78, 5) is 37.6. The first-order chi connectivity index (χ1) is 14.1. The van der Waals surface area contributed by atoms with Crippen molar-refractivity contribution in [1.29, 1.82) is 0 Å². The predicted octanol–water partition coefficient (Wildman–Crippen LogP) is 3.47. The van der Waals surface area contributed by atoms with Crippen LogP contribution < -0.4 is 0 Å². The van der Waals surface area contributed by atoms with Gasteiger partial charge in [0.15, 0.2) is 5.78 Å². The van der Waals surface area contributed by atoms with Gasteiger partial charge >= 0.3 is 5.97 Å². The number of carbonyl (C=O) groups excluding carboxylic acids is 3. The Bertz CT molecular complexity index is 773. The Balaban J connectivity index is 1.92. The summed E-state index contributed by atoms with van der Waals surface area (Å²) in [7, 11) is 1.37. The summed E-state index contributed by atoms with van der Waals surface area (Å²) >= 11 is 0. The second-order valence-electron chi connectivity index (χ2n) is 7.11. The van der Waals surface area contributed by atoms with Crippen molar-refractivity contribution in [2.45, 2.75) is 57.4 Å². The minimum Gasteiger partial charge on any atom is -0.469 e. The number of likely N-dealkylation sites (tertiary alicyclic amines) is 1. The van der Waals surface area contributed by atoms with Crippen molar-refractivity contribution in [2.24, 2.45) is 0 Å². The molecule has 154 valence electrons. The van der Waals surface area contributed by atoms with Gasteiger partial charge in [-0.1, -0.05) is 48.7 Å². The highest BCUT2D eigenvalue weighted by Gasteiger charge is 2.23. The van der Waals surface area contributed by atoms with Gasteiger partial charge in [-0.3, -0.25) is 14.4 Å². The molecule has 0 bridgehead atoms. The standard InChI is InChI=1S/C24H29NO4/c1-29-24(28)15-7-2-3-10-18-25-21(13-8-9-14-23(25)27)16-17-22(26)19-20-11-5-4-6-12-20/h4-6,11-12,16-17,21H,2,7-9,13-15,18-19H2,1H3. The van der Waals surface area contributed by atoms with Gasteiger partial charge in [0.2, 0.25) is 5.91 Å². The zero-order valence-corrected chi connectivity index (χ0v) is 17.1. The van der Waals surface area contributed by atoms with Gasteiger partial charge in [-0.05, 0) is 30.9 Å². The molecular formula is C24H29NO4. The molecule has 0 aliphatic carbocycles. The van der Waals surface area contributed by atoms with Crippen LogP contribution in [0.25, 0.3) is 0 Å². The van der Waals surface area contributed by atoms with Gasteiger partial charge in [-0.2, -0.15) is 0 Å². The van der Waals surface area contributed by atoms with Crippen LogP contribution in [0.1, 0.15) is 50.5 Å². The van der Waals surface area contributed by atoms with Gasteiger partial charge in [0, 0.05) is 25.7 Å². The molecule has 1 aromatic rings.